The molecule has 0 radical (unpaired) electrons. The van der Waals surface area contributed by atoms with Crippen molar-refractivity contribution in [2.75, 3.05) is 6.54 Å². The number of sulfonamides is 1. The van der Waals surface area contributed by atoms with E-state index >= 15 is 0 Å². The van der Waals surface area contributed by atoms with Crippen LogP contribution in [0.2, 0.25) is 10.0 Å². The summed E-state index contributed by atoms with van der Waals surface area (Å²) in [4.78, 5) is 0.0582. The summed E-state index contributed by atoms with van der Waals surface area (Å²) in [6.07, 6.45) is 0.465. The van der Waals surface area contributed by atoms with Gasteiger partial charge in [0.1, 0.15) is 0 Å². The van der Waals surface area contributed by atoms with Crippen LogP contribution >= 0.6 is 23.2 Å². The van der Waals surface area contributed by atoms with E-state index in [-0.39, 0.29) is 16.5 Å². The molecule has 2 N–H and O–H groups in total. The van der Waals surface area contributed by atoms with Gasteiger partial charge in [-0.3, -0.25) is 0 Å². The van der Waals surface area contributed by atoms with Crippen LogP contribution in [0.1, 0.15) is 19.8 Å². The van der Waals surface area contributed by atoms with E-state index in [1.165, 1.54) is 18.2 Å². The number of hydrogen-bond donors (Lipinski definition) is 2. The molecule has 0 aromatic heterocycles. The van der Waals surface area contributed by atoms with Crippen LogP contribution in [0.4, 0.5) is 0 Å². The molecule has 0 aliphatic rings. The maximum Gasteiger partial charge on any atom is 0.240 e. The van der Waals surface area contributed by atoms with Gasteiger partial charge in [-0.2, -0.15) is 0 Å². The maximum absolute atomic E-state index is 11.9. The molecule has 0 heterocycles. The molecular weight excluding hydrogens is 297 g/mol. The normalized spacial score (nSPS) is 13.6. The van der Waals surface area contributed by atoms with E-state index < -0.39 is 16.1 Å². The summed E-state index contributed by atoms with van der Waals surface area (Å²) in [6.45, 7) is 2.01. The third-order valence-electron chi connectivity index (χ3n) is 2.44. The molecule has 0 bridgehead atoms. The summed E-state index contributed by atoms with van der Waals surface area (Å²) in [5.41, 5.74) is 0. The molecular formula is C11H15Cl2NO3S. The lowest BCUT2D eigenvalue weighted by atomic mass is 10.2. The molecule has 0 saturated heterocycles. The lowest BCUT2D eigenvalue weighted by Gasteiger charge is -2.10. The minimum atomic E-state index is -3.61. The molecule has 0 fully saturated rings. The number of halogens is 2. The van der Waals surface area contributed by atoms with E-state index in [0.717, 1.165) is 0 Å². The Kier molecular flexibility index (Phi) is 5.88. The molecule has 1 aromatic carbocycles. The van der Waals surface area contributed by atoms with Crippen molar-refractivity contribution in [2.45, 2.75) is 30.8 Å². The maximum atomic E-state index is 11.9. The number of aliphatic hydroxyl groups is 1. The number of rotatable bonds is 6. The summed E-state index contributed by atoms with van der Waals surface area (Å²) in [5.74, 6) is 0. The molecule has 1 rings (SSSR count). The average molecular weight is 312 g/mol. The first-order chi connectivity index (χ1) is 8.36. The fourth-order valence-electron chi connectivity index (χ4n) is 1.29. The average Bonchev–Trinajstić information content (AvgIpc) is 2.32. The monoisotopic (exact) mass is 311 g/mol. The molecule has 0 aliphatic carbocycles. The molecule has 0 saturated carbocycles. The SMILES string of the molecule is CCC(O)CCNS(=O)(=O)c1ccc(Cl)c(Cl)c1. The second kappa shape index (κ2) is 6.73. The summed E-state index contributed by atoms with van der Waals surface area (Å²) >= 11 is 11.5. The standard InChI is InChI=1S/C11H15Cl2NO3S/c1-2-8(15)5-6-14-18(16,17)9-3-4-10(12)11(13)7-9/h3-4,7-8,14-15H,2,5-6H2,1H3. The number of aliphatic hydroxyl groups excluding tert-OH is 1. The first kappa shape index (κ1) is 15.7. The topological polar surface area (TPSA) is 66.4 Å². The van der Waals surface area contributed by atoms with Gasteiger partial charge >= 0.3 is 0 Å². The van der Waals surface area contributed by atoms with Gasteiger partial charge in [0.25, 0.3) is 0 Å². The molecule has 0 spiro atoms. The summed E-state index contributed by atoms with van der Waals surface area (Å²) in [5, 5.41) is 9.82. The molecule has 0 aliphatic heterocycles. The Hall–Kier alpha value is -0.330. The van der Waals surface area contributed by atoms with Crippen LogP contribution in [0.25, 0.3) is 0 Å². The molecule has 1 unspecified atom stereocenters. The lowest BCUT2D eigenvalue weighted by molar-refractivity contribution is 0.162. The van der Waals surface area contributed by atoms with Crippen LogP contribution in [0.3, 0.4) is 0 Å². The fraction of sp³-hybridized carbons (Fsp3) is 0.455. The number of hydrogen-bond acceptors (Lipinski definition) is 3. The van der Waals surface area contributed by atoms with Gasteiger partial charge < -0.3 is 5.11 Å². The van der Waals surface area contributed by atoms with Crippen LogP contribution in [-0.2, 0) is 10.0 Å². The van der Waals surface area contributed by atoms with Crippen molar-refractivity contribution < 1.29 is 13.5 Å². The smallest absolute Gasteiger partial charge is 0.240 e. The fourth-order valence-corrected chi connectivity index (χ4v) is 2.73. The predicted molar refractivity (Wildman–Crippen MR) is 72.6 cm³/mol. The molecule has 1 atom stereocenters. The Labute approximate surface area is 117 Å². The third kappa shape index (κ3) is 4.40. The van der Waals surface area contributed by atoms with E-state index in [1.54, 1.807) is 0 Å². The summed E-state index contributed by atoms with van der Waals surface area (Å²) < 4.78 is 26.1. The second-order valence-corrected chi connectivity index (χ2v) is 6.41. The van der Waals surface area contributed by atoms with Crippen molar-refractivity contribution in [1.29, 1.82) is 0 Å². The Bertz CT molecular complexity index is 505. The van der Waals surface area contributed by atoms with Crippen molar-refractivity contribution in [1.82, 2.24) is 4.72 Å². The van der Waals surface area contributed by atoms with Gasteiger partial charge in [-0.05, 0) is 31.0 Å². The summed E-state index contributed by atoms with van der Waals surface area (Å²) in [6, 6.07) is 4.11. The van der Waals surface area contributed by atoms with Crippen LogP contribution in [0, 0.1) is 0 Å². The van der Waals surface area contributed by atoms with E-state index in [4.69, 9.17) is 23.2 Å². The van der Waals surface area contributed by atoms with Gasteiger partial charge in [0.15, 0.2) is 0 Å². The zero-order valence-corrected chi connectivity index (χ0v) is 12.2. The van der Waals surface area contributed by atoms with Gasteiger partial charge in [-0.25, -0.2) is 13.1 Å². The molecule has 7 heteroatoms. The van der Waals surface area contributed by atoms with Crippen LogP contribution in [0.15, 0.2) is 23.1 Å². The number of nitrogens with one attached hydrogen (secondary N) is 1. The first-order valence-electron chi connectivity index (χ1n) is 5.49. The van der Waals surface area contributed by atoms with E-state index in [2.05, 4.69) is 4.72 Å². The highest BCUT2D eigenvalue weighted by atomic mass is 35.5. The van der Waals surface area contributed by atoms with Gasteiger partial charge in [0.05, 0.1) is 21.0 Å². The first-order valence-corrected chi connectivity index (χ1v) is 7.73. The van der Waals surface area contributed by atoms with Crippen molar-refractivity contribution in [3.8, 4) is 0 Å². The Morgan fingerprint density at radius 3 is 2.56 bits per heavy atom. The van der Waals surface area contributed by atoms with Crippen LogP contribution in [-0.4, -0.2) is 26.2 Å². The number of benzene rings is 1. The molecule has 0 amide bonds. The predicted octanol–water partition coefficient (Wildman–Crippen LogP) is 2.43. The lowest BCUT2D eigenvalue weighted by Crippen LogP contribution is -2.27. The van der Waals surface area contributed by atoms with Crippen molar-refractivity contribution in [3.63, 3.8) is 0 Å². The molecule has 4 nitrogen and oxygen atoms in total. The second-order valence-electron chi connectivity index (χ2n) is 3.82. The van der Waals surface area contributed by atoms with Gasteiger partial charge in [-0.15, -0.1) is 0 Å². The minimum absolute atomic E-state index is 0.0582. The Balaban J connectivity index is 2.71. The van der Waals surface area contributed by atoms with Crippen LogP contribution in [0.5, 0.6) is 0 Å². The molecule has 102 valence electrons. The highest BCUT2D eigenvalue weighted by Crippen LogP contribution is 2.24. The molecule has 18 heavy (non-hydrogen) atoms. The van der Waals surface area contributed by atoms with Crippen molar-refractivity contribution in [3.05, 3.63) is 28.2 Å². The van der Waals surface area contributed by atoms with E-state index in [1.807, 2.05) is 6.92 Å². The van der Waals surface area contributed by atoms with Gasteiger partial charge in [0, 0.05) is 6.54 Å². The van der Waals surface area contributed by atoms with Crippen molar-refractivity contribution >= 4 is 33.2 Å². The quantitative estimate of drug-likeness (QED) is 0.848. The van der Waals surface area contributed by atoms with Crippen LogP contribution < -0.4 is 4.72 Å². The van der Waals surface area contributed by atoms with Crippen molar-refractivity contribution in [2.24, 2.45) is 0 Å². The Morgan fingerprint density at radius 1 is 1.33 bits per heavy atom. The third-order valence-corrected chi connectivity index (χ3v) is 4.64. The largest absolute Gasteiger partial charge is 0.393 e. The zero-order valence-electron chi connectivity index (χ0n) is 9.86. The van der Waals surface area contributed by atoms with E-state index in [9.17, 15) is 13.5 Å². The van der Waals surface area contributed by atoms with E-state index in [0.29, 0.717) is 17.9 Å². The summed E-state index contributed by atoms with van der Waals surface area (Å²) in [7, 11) is -3.61. The highest BCUT2D eigenvalue weighted by molar-refractivity contribution is 7.89. The minimum Gasteiger partial charge on any atom is -0.393 e. The zero-order chi connectivity index (χ0) is 13.8. The Morgan fingerprint density at radius 2 is 2.00 bits per heavy atom. The van der Waals surface area contributed by atoms with Gasteiger partial charge in [0.2, 0.25) is 10.0 Å². The molecule has 1 aromatic rings. The highest BCUT2D eigenvalue weighted by Gasteiger charge is 2.15. The van der Waals surface area contributed by atoms with Gasteiger partial charge in [-0.1, -0.05) is 30.1 Å².